The fourth-order valence-corrected chi connectivity index (χ4v) is 4.83. The number of fused-ring (bicyclic) bond motifs is 2. The highest BCUT2D eigenvalue weighted by molar-refractivity contribution is 8.14. The average molecular weight is 445 g/mol. The van der Waals surface area contributed by atoms with Gasteiger partial charge >= 0.3 is 0 Å². The molecule has 4 rings (SSSR count). The maximum Gasteiger partial charge on any atom is 0.159 e. The maximum absolute atomic E-state index is 6.15. The van der Waals surface area contributed by atoms with Crippen LogP contribution in [0.1, 0.15) is 6.42 Å². The van der Waals surface area contributed by atoms with Crippen LogP contribution in [0, 0.1) is 0 Å². The molecule has 0 spiro atoms. The first-order valence-corrected chi connectivity index (χ1v) is 12.1. The molecule has 31 heavy (non-hydrogen) atoms. The summed E-state index contributed by atoms with van der Waals surface area (Å²) in [5, 5.41) is 5.72. The smallest absolute Gasteiger partial charge is 0.159 e. The Kier molecular flexibility index (Phi) is 7.12. The second kappa shape index (κ2) is 10.4. The molecule has 0 amide bonds. The minimum atomic E-state index is 0.582. The number of benzene rings is 4. The van der Waals surface area contributed by atoms with E-state index in [1.165, 1.54) is 10.8 Å². The fraction of sp³-hybridized carbons (Fsp3) is 0.120. The summed E-state index contributed by atoms with van der Waals surface area (Å²) < 4.78 is 0. The van der Waals surface area contributed by atoms with Crippen molar-refractivity contribution in [3.8, 4) is 0 Å². The van der Waals surface area contributed by atoms with Crippen LogP contribution >= 0.6 is 23.5 Å². The van der Waals surface area contributed by atoms with Crippen LogP contribution in [0.4, 0.5) is 11.4 Å². The van der Waals surface area contributed by atoms with Gasteiger partial charge in [0.2, 0.25) is 0 Å². The SMILES string of the molecule is NC(=Nc1cccc2ccccc12)SCCCSC(N)=Nc1cccc2ccccc12. The van der Waals surface area contributed by atoms with E-state index in [1.54, 1.807) is 23.5 Å². The second-order valence-corrected chi connectivity index (χ2v) is 9.18. The van der Waals surface area contributed by atoms with Crippen LogP contribution in [0.3, 0.4) is 0 Å². The van der Waals surface area contributed by atoms with Crippen LogP contribution in [-0.4, -0.2) is 21.8 Å². The lowest BCUT2D eigenvalue weighted by Gasteiger charge is -2.05. The molecule has 4 N–H and O–H groups in total. The molecule has 0 saturated carbocycles. The molecule has 0 aliphatic heterocycles. The standard InChI is InChI=1S/C25H24N4S2/c26-24(28-22-14-5-10-18-8-1-3-12-20(18)22)30-16-7-17-31-25(27)29-23-15-6-11-19-9-2-4-13-21(19)23/h1-6,8-15H,7,16-17H2,(H2,26,28)(H2,27,29). The highest BCUT2D eigenvalue weighted by Crippen LogP contribution is 2.27. The third-order valence-corrected chi connectivity index (χ3v) is 6.54. The first kappa shape index (κ1) is 21.3. The normalized spacial score (nSPS) is 12.5. The van der Waals surface area contributed by atoms with Crippen LogP contribution in [0.5, 0.6) is 0 Å². The van der Waals surface area contributed by atoms with Crippen molar-refractivity contribution in [2.24, 2.45) is 21.5 Å². The number of amidine groups is 2. The third-order valence-electron chi connectivity index (χ3n) is 4.78. The second-order valence-electron chi connectivity index (χ2n) is 6.95. The molecule has 0 saturated heterocycles. The zero-order chi connectivity index (χ0) is 21.5. The molecule has 0 fully saturated rings. The van der Waals surface area contributed by atoms with Gasteiger partial charge in [-0.15, -0.1) is 0 Å². The lowest BCUT2D eigenvalue weighted by Crippen LogP contribution is -2.09. The van der Waals surface area contributed by atoms with E-state index in [-0.39, 0.29) is 0 Å². The number of thioether (sulfide) groups is 2. The van der Waals surface area contributed by atoms with E-state index in [0.29, 0.717) is 10.3 Å². The van der Waals surface area contributed by atoms with Gasteiger partial charge in [-0.05, 0) is 29.3 Å². The van der Waals surface area contributed by atoms with Gasteiger partial charge in [-0.2, -0.15) is 0 Å². The Bertz CT molecular complexity index is 1140. The average Bonchev–Trinajstić information content (AvgIpc) is 2.79. The van der Waals surface area contributed by atoms with Crippen molar-refractivity contribution >= 4 is 66.8 Å². The first-order chi connectivity index (χ1) is 15.2. The molecular formula is C25H24N4S2. The molecule has 0 unspecified atom stereocenters. The van der Waals surface area contributed by atoms with E-state index in [9.17, 15) is 0 Å². The molecule has 0 atom stereocenters. The number of nitrogens with two attached hydrogens (primary N) is 2. The molecule has 4 aromatic rings. The highest BCUT2D eigenvalue weighted by atomic mass is 32.2. The molecule has 4 aromatic carbocycles. The van der Waals surface area contributed by atoms with Crippen molar-refractivity contribution in [3.63, 3.8) is 0 Å². The van der Waals surface area contributed by atoms with Gasteiger partial charge in [0, 0.05) is 22.3 Å². The van der Waals surface area contributed by atoms with Gasteiger partial charge in [0.15, 0.2) is 10.3 Å². The maximum atomic E-state index is 6.15. The quantitative estimate of drug-likeness (QED) is 0.204. The van der Waals surface area contributed by atoms with Crippen LogP contribution in [0.15, 0.2) is 94.9 Å². The number of nitrogens with zero attached hydrogens (tertiary/aromatic N) is 2. The fourth-order valence-electron chi connectivity index (χ4n) is 3.33. The first-order valence-electron chi connectivity index (χ1n) is 10.1. The third kappa shape index (κ3) is 5.60. The summed E-state index contributed by atoms with van der Waals surface area (Å²) in [6.45, 7) is 0. The monoisotopic (exact) mass is 444 g/mol. The Hall–Kier alpha value is -2.96. The molecule has 156 valence electrons. The molecule has 0 radical (unpaired) electrons. The van der Waals surface area contributed by atoms with Crippen LogP contribution in [-0.2, 0) is 0 Å². The van der Waals surface area contributed by atoms with Gasteiger partial charge < -0.3 is 11.5 Å². The van der Waals surface area contributed by atoms with Crippen molar-refractivity contribution in [1.29, 1.82) is 0 Å². The van der Waals surface area contributed by atoms with Crippen LogP contribution < -0.4 is 11.5 Å². The summed E-state index contributed by atoms with van der Waals surface area (Å²) in [7, 11) is 0. The molecule has 4 nitrogen and oxygen atoms in total. The zero-order valence-electron chi connectivity index (χ0n) is 17.1. The van der Waals surface area contributed by atoms with Gasteiger partial charge in [-0.25, -0.2) is 9.98 Å². The van der Waals surface area contributed by atoms with Crippen molar-refractivity contribution in [3.05, 3.63) is 84.9 Å². The Morgan fingerprint density at radius 1 is 0.581 bits per heavy atom. The van der Waals surface area contributed by atoms with Crippen LogP contribution in [0.2, 0.25) is 0 Å². The van der Waals surface area contributed by atoms with E-state index >= 15 is 0 Å². The molecule has 0 bridgehead atoms. The largest absolute Gasteiger partial charge is 0.378 e. The Balaban J connectivity index is 1.29. The summed E-state index contributed by atoms with van der Waals surface area (Å²) in [6.07, 6.45) is 0.965. The summed E-state index contributed by atoms with van der Waals surface area (Å²) in [5.74, 6) is 1.77. The highest BCUT2D eigenvalue weighted by Gasteiger charge is 2.03. The van der Waals surface area contributed by atoms with Gasteiger partial charge in [-0.3, -0.25) is 0 Å². The van der Waals surface area contributed by atoms with E-state index in [4.69, 9.17) is 11.5 Å². The van der Waals surface area contributed by atoms with Crippen molar-refractivity contribution in [2.45, 2.75) is 6.42 Å². The number of hydrogen-bond donors (Lipinski definition) is 2. The Morgan fingerprint density at radius 3 is 1.48 bits per heavy atom. The molecule has 6 heteroatoms. The number of hydrogen-bond acceptors (Lipinski definition) is 4. The van der Waals surface area contributed by atoms with E-state index in [0.717, 1.165) is 40.1 Å². The van der Waals surface area contributed by atoms with Crippen molar-refractivity contribution in [2.75, 3.05) is 11.5 Å². The zero-order valence-corrected chi connectivity index (χ0v) is 18.7. The Morgan fingerprint density at radius 2 is 1.00 bits per heavy atom. The molecule has 0 aromatic heterocycles. The van der Waals surface area contributed by atoms with E-state index in [1.807, 2.05) is 48.5 Å². The lowest BCUT2D eigenvalue weighted by atomic mass is 10.1. The van der Waals surface area contributed by atoms with Gasteiger partial charge in [-0.1, -0.05) is 96.3 Å². The number of rotatable bonds is 6. The predicted octanol–water partition coefficient (Wildman–Crippen LogP) is 6.44. The van der Waals surface area contributed by atoms with Crippen molar-refractivity contribution in [1.82, 2.24) is 0 Å². The molecule has 0 heterocycles. The van der Waals surface area contributed by atoms with Crippen molar-refractivity contribution < 1.29 is 0 Å². The van der Waals surface area contributed by atoms with E-state index in [2.05, 4.69) is 46.4 Å². The van der Waals surface area contributed by atoms with E-state index < -0.39 is 0 Å². The topological polar surface area (TPSA) is 76.8 Å². The molecule has 0 aliphatic rings. The summed E-state index contributed by atoms with van der Waals surface area (Å²) in [6, 6.07) is 28.6. The van der Waals surface area contributed by atoms with Gasteiger partial charge in [0.05, 0.1) is 11.4 Å². The Labute approximate surface area is 190 Å². The predicted molar refractivity (Wildman–Crippen MR) is 140 cm³/mol. The number of aliphatic imine (C=N–C) groups is 2. The molecule has 0 aliphatic carbocycles. The summed E-state index contributed by atoms with van der Waals surface area (Å²) in [4.78, 5) is 9.21. The minimum Gasteiger partial charge on any atom is -0.378 e. The van der Waals surface area contributed by atoms with Gasteiger partial charge in [0.1, 0.15) is 0 Å². The summed E-state index contributed by atoms with van der Waals surface area (Å²) >= 11 is 3.14. The minimum absolute atomic E-state index is 0.582. The summed E-state index contributed by atoms with van der Waals surface area (Å²) in [5.41, 5.74) is 14.1. The van der Waals surface area contributed by atoms with Gasteiger partial charge in [0.25, 0.3) is 0 Å². The molecular weight excluding hydrogens is 420 g/mol. The van der Waals surface area contributed by atoms with Crippen LogP contribution in [0.25, 0.3) is 21.5 Å². The lowest BCUT2D eigenvalue weighted by molar-refractivity contribution is 1.13.